The van der Waals surface area contributed by atoms with Crippen LogP contribution in [0.25, 0.3) is 6.08 Å². The van der Waals surface area contributed by atoms with E-state index in [1.54, 1.807) is 6.07 Å². The van der Waals surface area contributed by atoms with Crippen molar-refractivity contribution in [2.24, 2.45) is 0 Å². The Labute approximate surface area is 146 Å². The molecule has 0 amide bonds. The molecule has 134 valence electrons. The molecule has 0 saturated carbocycles. The highest BCUT2D eigenvalue weighted by Crippen LogP contribution is 2.24. The van der Waals surface area contributed by atoms with Crippen LogP contribution in [0.1, 0.15) is 39.2 Å². The minimum absolute atomic E-state index is 0.0264. The van der Waals surface area contributed by atoms with E-state index in [9.17, 15) is 8.94 Å². The molecule has 1 N–H and O–H groups in total. The highest BCUT2D eigenvalue weighted by atomic mass is 32.2. The predicted molar refractivity (Wildman–Crippen MR) is 95.8 cm³/mol. The van der Waals surface area contributed by atoms with Crippen molar-refractivity contribution in [1.82, 2.24) is 4.72 Å². The molecule has 2 unspecified atom stereocenters. The lowest BCUT2D eigenvalue weighted by atomic mass is 10.1. The van der Waals surface area contributed by atoms with Gasteiger partial charge in [0.2, 0.25) is 0 Å². The van der Waals surface area contributed by atoms with Crippen LogP contribution in [-0.2, 0) is 16.1 Å². The topological polar surface area (TPSA) is 53.5 Å². The molecule has 1 aromatic rings. The van der Waals surface area contributed by atoms with Crippen molar-refractivity contribution < 1.29 is 18.4 Å². The third-order valence-electron chi connectivity index (χ3n) is 3.55. The molecule has 1 saturated heterocycles. The van der Waals surface area contributed by atoms with E-state index in [4.69, 9.17) is 9.47 Å². The Hall–Kier alpha value is -1.08. The number of hydrogen-bond acceptors (Lipinski definition) is 4. The summed E-state index contributed by atoms with van der Waals surface area (Å²) in [6, 6.07) is 4.51. The monoisotopic (exact) mass is 355 g/mol. The highest BCUT2D eigenvalue weighted by molar-refractivity contribution is 7.90. The molecule has 0 aliphatic carbocycles. The van der Waals surface area contributed by atoms with E-state index in [1.807, 2.05) is 32.9 Å². The zero-order chi connectivity index (χ0) is 17.6. The highest BCUT2D eigenvalue weighted by Gasteiger charge is 2.25. The minimum atomic E-state index is -1.08. The van der Waals surface area contributed by atoms with E-state index in [1.165, 1.54) is 12.1 Å². The largest absolute Gasteiger partial charge is 0.598 e. The lowest BCUT2D eigenvalue weighted by Gasteiger charge is -2.23. The van der Waals surface area contributed by atoms with Gasteiger partial charge in [-0.15, -0.1) is 4.72 Å². The number of hydrogen-bond donors (Lipinski definition) is 1. The summed E-state index contributed by atoms with van der Waals surface area (Å²) in [5.74, 6) is 0.367. The first-order valence-electron chi connectivity index (χ1n) is 8.22. The Kier molecular flexibility index (Phi) is 7.10. The fourth-order valence-corrected chi connectivity index (χ4v) is 2.94. The van der Waals surface area contributed by atoms with Gasteiger partial charge in [0.25, 0.3) is 0 Å². The maximum absolute atomic E-state index is 13.5. The van der Waals surface area contributed by atoms with Crippen LogP contribution < -0.4 is 9.46 Å². The second kappa shape index (κ2) is 8.85. The lowest BCUT2D eigenvalue weighted by molar-refractivity contribution is 0.141. The first kappa shape index (κ1) is 19.2. The summed E-state index contributed by atoms with van der Waals surface area (Å²) in [5.41, 5.74) is 0.707. The third-order valence-corrected chi connectivity index (χ3v) is 5.13. The van der Waals surface area contributed by atoms with Gasteiger partial charge in [-0.1, -0.05) is 12.2 Å². The van der Waals surface area contributed by atoms with Crippen LogP contribution in [0.2, 0.25) is 0 Å². The molecule has 4 nitrogen and oxygen atoms in total. The van der Waals surface area contributed by atoms with E-state index < -0.39 is 11.4 Å². The lowest BCUT2D eigenvalue weighted by Crippen LogP contribution is -2.39. The normalized spacial score (nSPS) is 19.8. The molecule has 1 aliphatic rings. The standard InChI is InChI=1S/C18H26FNO3S/c1-18(2,3)24(21)20-10-5-4-6-14-12-15(19)7-8-17(14)23-16-9-11-22-13-16/h4,6-8,12,16,20H,5,9-11,13H2,1-3H3. The fraction of sp³-hybridized carbons (Fsp3) is 0.556. The summed E-state index contributed by atoms with van der Waals surface area (Å²) in [7, 11) is 0. The molecule has 0 aromatic heterocycles. The fourth-order valence-electron chi connectivity index (χ4n) is 2.20. The molecule has 2 atom stereocenters. The number of ether oxygens (including phenoxy) is 2. The van der Waals surface area contributed by atoms with Crippen molar-refractivity contribution in [3.05, 3.63) is 35.7 Å². The average Bonchev–Trinajstić information content (AvgIpc) is 3.01. The van der Waals surface area contributed by atoms with Gasteiger partial charge in [-0.05, 0) is 45.4 Å². The van der Waals surface area contributed by atoms with E-state index in [2.05, 4.69) is 4.72 Å². The molecule has 1 fully saturated rings. The molecular weight excluding hydrogens is 329 g/mol. The van der Waals surface area contributed by atoms with Crippen LogP contribution in [0.3, 0.4) is 0 Å². The zero-order valence-electron chi connectivity index (χ0n) is 14.5. The summed E-state index contributed by atoms with van der Waals surface area (Å²) in [5, 5.41) is 0. The SMILES string of the molecule is CC(C)(C)[S+]([O-])NCCC=Cc1cc(F)ccc1OC1CCOC1. The number of rotatable bonds is 7. The number of halogens is 1. The third kappa shape index (κ3) is 6.09. The average molecular weight is 355 g/mol. The van der Waals surface area contributed by atoms with Gasteiger partial charge in [-0.3, -0.25) is 0 Å². The van der Waals surface area contributed by atoms with E-state index in [0.29, 0.717) is 37.5 Å². The van der Waals surface area contributed by atoms with Crippen molar-refractivity contribution in [2.75, 3.05) is 19.8 Å². The minimum Gasteiger partial charge on any atom is -0.598 e. The molecule has 1 aliphatic heterocycles. The van der Waals surface area contributed by atoms with Gasteiger partial charge in [0, 0.05) is 29.9 Å². The van der Waals surface area contributed by atoms with Crippen molar-refractivity contribution in [3.8, 4) is 5.75 Å². The van der Waals surface area contributed by atoms with Gasteiger partial charge in [0.1, 0.15) is 22.4 Å². The van der Waals surface area contributed by atoms with Crippen LogP contribution in [0.4, 0.5) is 4.39 Å². The quantitative estimate of drug-likeness (QED) is 0.601. The van der Waals surface area contributed by atoms with Crippen molar-refractivity contribution in [2.45, 2.75) is 44.5 Å². The Bertz CT molecular complexity index is 554. The van der Waals surface area contributed by atoms with Crippen LogP contribution in [0.5, 0.6) is 5.75 Å². The van der Waals surface area contributed by atoms with E-state index >= 15 is 0 Å². The van der Waals surface area contributed by atoms with Gasteiger partial charge in [0.15, 0.2) is 0 Å². The summed E-state index contributed by atoms with van der Waals surface area (Å²) < 4.78 is 39.3. The smallest absolute Gasteiger partial charge is 0.136 e. The molecular formula is C18H26FNO3S. The molecule has 0 bridgehead atoms. The van der Waals surface area contributed by atoms with Gasteiger partial charge >= 0.3 is 0 Å². The van der Waals surface area contributed by atoms with Crippen LogP contribution in [-0.4, -0.2) is 35.2 Å². The maximum Gasteiger partial charge on any atom is 0.136 e. The molecule has 6 heteroatoms. The van der Waals surface area contributed by atoms with Gasteiger partial charge in [-0.25, -0.2) is 4.39 Å². The van der Waals surface area contributed by atoms with E-state index in [-0.39, 0.29) is 16.7 Å². The number of nitrogens with one attached hydrogen (secondary N) is 1. The molecule has 24 heavy (non-hydrogen) atoms. The number of benzene rings is 1. The summed E-state index contributed by atoms with van der Waals surface area (Å²) in [4.78, 5) is 0. The second-order valence-corrected chi connectivity index (χ2v) is 8.80. The summed E-state index contributed by atoms with van der Waals surface area (Å²) in [6.07, 6.45) is 5.35. The summed E-state index contributed by atoms with van der Waals surface area (Å²) >= 11 is -1.08. The van der Waals surface area contributed by atoms with Gasteiger partial charge < -0.3 is 14.0 Å². The molecule has 1 aromatic carbocycles. The maximum atomic E-state index is 13.5. The van der Waals surface area contributed by atoms with Gasteiger partial charge in [0.05, 0.1) is 13.2 Å². The Morgan fingerprint density at radius 1 is 1.46 bits per heavy atom. The molecule has 2 rings (SSSR count). The Balaban J connectivity index is 1.89. The molecule has 0 spiro atoms. The van der Waals surface area contributed by atoms with Crippen molar-refractivity contribution in [3.63, 3.8) is 0 Å². The van der Waals surface area contributed by atoms with Crippen molar-refractivity contribution in [1.29, 1.82) is 0 Å². The Morgan fingerprint density at radius 3 is 2.92 bits per heavy atom. The van der Waals surface area contributed by atoms with E-state index in [0.717, 1.165) is 6.42 Å². The Morgan fingerprint density at radius 2 is 2.25 bits per heavy atom. The van der Waals surface area contributed by atoms with Crippen LogP contribution in [0.15, 0.2) is 24.3 Å². The first-order valence-corrected chi connectivity index (χ1v) is 9.37. The molecule has 1 heterocycles. The second-order valence-electron chi connectivity index (χ2n) is 6.75. The van der Waals surface area contributed by atoms with Crippen LogP contribution in [0, 0.1) is 5.82 Å². The predicted octanol–water partition coefficient (Wildman–Crippen LogP) is 3.45. The van der Waals surface area contributed by atoms with Crippen molar-refractivity contribution >= 4 is 17.4 Å². The molecule has 0 radical (unpaired) electrons. The van der Waals surface area contributed by atoms with Crippen LogP contribution >= 0.6 is 0 Å². The van der Waals surface area contributed by atoms with Gasteiger partial charge in [-0.2, -0.15) is 0 Å². The first-order chi connectivity index (χ1) is 11.4. The zero-order valence-corrected chi connectivity index (χ0v) is 15.3. The summed E-state index contributed by atoms with van der Waals surface area (Å²) in [6.45, 7) is 7.65.